The van der Waals surface area contributed by atoms with Crippen LogP contribution in [0, 0.1) is 16.6 Å². The number of hydrogen-bond donors (Lipinski definition) is 2. The van der Waals surface area contributed by atoms with Crippen molar-refractivity contribution < 1.29 is 4.39 Å². The fourth-order valence-corrected chi connectivity index (χ4v) is 2.36. The van der Waals surface area contributed by atoms with E-state index in [1.165, 1.54) is 0 Å². The molecule has 1 aromatic rings. The smallest absolute Gasteiger partial charge is 0.161 e. The summed E-state index contributed by atoms with van der Waals surface area (Å²) in [6.45, 7) is 8.41. The minimum absolute atomic E-state index is 0.0346. The number of nitrogens with one attached hydrogen (secondary N) is 1. The largest absolute Gasteiger partial charge is 0.384 e. The summed E-state index contributed by atoms with van der Waals surface area (Å²) in [6, 6.07) is 3.49. The molecule has 106 valence electrons. The first-order chi connectivity index (χ1) is 8.57. The van der Waals surface area contributed by atoms with E-state index in [1.807, 2.05) is 11.9 Å². The van der Waals surface area contributed by atoms with Crippen LogP contribution in [0.5, 0.6) is 0 Å². The zero-order valence-corrected chi connectivity index (χ0v) is 13.6. The molecule has 3 N–H and O–H groups in total. The van der Waals surface area contributed by atoms with Gasteiger partial charge in [0.15, 0.2) is 5.82 Å². The molecule has 0 fully saturated rings. The lowest BCUT2D eigenvalue weighted by molar-refractivity contribution is 0.328. The van der Waals surface area contributed by atoms with E-state index in [4.69, 9.17) is 11.1 Å². The van der Waals surface area contributed by atoms with Crippen LogP contribution >= 0.6 is 15.9 Å². The van der Waals surface area contributed by atoms with Gasteiger partial charge in [0.25, 0.3) is 0 Å². The number of nitrogens with two attached hydrogens (primary N) is 1. The number of benzene rings is 1. The van der Waals surface area contributed by atoms with Crippen LogP contribution < -0.4 is 10.6 Å². The molecule has 0 spiro atoms. The van der Waals surface area contributed by atoms with E-state index in [0.717, 1.165) is 0 Å². The highest BCUT2D eigenvalue weighted by molar-refractivity contribution is 9.10. The molecule has 1 aromatic carbocycles. The number of amidine groups is 1. The van der Waals surface area contributed by atoms with Crippen molar-refractivity contribution in [3.05, 3.63) is 28.0 Å². The molecular formula is C14H21BrFN3. The Morgan fingerprint density at radius 3 is 2.37 bits per heavy atom. The molecule has 0 saturated carbocycles. The maximum Gasteiger partial charge on any atom is 0.161 e. The first-order valence-corrected chi connectivity index (χ1v) is 6.92. The number of anilines is 1. The molecule has 0 bridgehead atoms. The number of nitrogen functional groups attached to an aromatic ring is 1. The fourth-order valence-electron chi connectivity index (χ4n) is 1.81. The van der Waals surface area contributed by atoms with Crippen LogP contribution in [0.25, 0.3) is 0 Å². The van der Waals surface area contributed by atoms with Gasteiger partial charge in [-0.2, -0.15) is 0 Å². The van der Waals surface area contributed by atoms with E-state index >= 15 is 0 Å². The molecule has 0 heterocycles. The highest BCUT2D eigenvalue weighted by Gasteiger charge is 2.26. The zero-order chi connectivity index (χ0) is 15.0. The summed E-state index contributed by atoms with van der Waals surface area (Å²) in [5.41, 5.74) is 6.32. The molecule has 1 atom stereocenters. The molecular weight excluding hydrogens is 309 g/mol. The van der Waals surface area contributed by atoms with E-state index in [0.29, 0.717) is 11.3 Å². The second-order valence-corrected chi connectivity index (χ2v) is 6.62. The second-order valence-electron chi connectivity index (χ2n) is 5.83. The fraction of sp³-hybridized carbons (Fsp3) is 0.500. The van der Waals surface area contributed by atoms with Gasteiger partial charge in [0.2, 0.25) is 0 Å². The van der Waals surface area contributed by atoms with Crippen molar-refractivity contribution in [1.29, 1.82) is 5.41 Å². The first-order valence-electron chi connectivity index (χ1n) is 6.12. The molecule has 3 nitrogen and oxygen atoms in total. The third-order valence-corrected chi connectivity index (χ3v) is 4.34. The van der Waals surface area contributed by atoms with Crippen molar-refractivity contribution in [1.82, 2.24) is 0 Å². The molecule has 1 rings (SSSR count). The number of hydrogen-bond acceptors (Lipinski definition) is 2. The van der Waals surface area contributed by atoms with Crippen LogP contribution in [0.1, 0.15) is 33.3 Å². The standard InChI is InChI=1S/C14H21BrFN3/c1-8(14(2,3)4)19(5)10-7-6-9(13(17)18)11(15)12(10)16/h6-8H,1-5H3,(H3,17,18). The van der Waals surface area contributed by atoms with Crippen molar-refractivity contribution in [2.45, 2.75) is 33.7 Å². The SMILES string of the molecule is CC(N(C)c1ccc(C(=N)N)c(Br)c1F)C(C)(C)C. The van der Waals surface area contributed by atoms with Gasteiger partial charge < -0.3 is 10.6 Å². The van der Waals surface area contributed by atoms with E-state index in [1.54, 1.807) is 12.1 Å². The van der Waals surface area contributed by atoms with Crippen LogP contribution in [-0.4, -0.2) is 18.9 Å². The van der Waals surface area contributed by atoms with E-state index in [9.17, 15) is 4.39 Å². The lowest BCUT2D eigenvalue weighted by Gasteiger charge is -2.37. The monoisotopic (exact) mass is 329 g/mol. The Bertz CT molecular complexity index is 494. The lowest BCUT2D eigenvalue weighted by Crippen LogP contribution is -2.39. The van der Waals surface area contributed by atoms with Crippen LogP contribution in [0.2, 0.25) is 0 Å². The summed E-state index contributed by atoms with van der Waals surface area (Å²) in [5, 5.41) is 7.40. The molecule has 0 aliphatic carbocycles. The number of rotatable bonds is 3. The predicted octanol–water partition coefficient (Wildman–Crippen LogP) is 3.74. The highest BCUT2D eigenvalue weighted by atomic mass is 79.9. The Kier molecular flexibility index (Phi) is 4.61. The van der Waals surface area contributed by atoms with Crippen LogP contribution in [0.3, 0.4) is 0 Å². The number of nitrogens with zero attached hydrogens (tertiary/aromatic N) is 1. The Morgan fingerprint density at radius 2 is 1.95 bits per heavy atom. The van der Waals surface area contributed by atoms with Gasteiger partial charge in [-0.1, -0.05) is 20.8 Å². The van der Waals surface area contributed by atoms with Crippen molar-refractivity contribution in [2.24, 2.45) is 11.1 Å². The molecule has 0 radical (unpaired) electrons. The summed E-state index contributed by atoms with van der Waals surface area (Å²) in [5.74, 6) is -0.532. The van der Waals surface area contributed by atoms with Crippen LogP contribution in [-0.2, 0) is 0 Å². The van der Waals surface area contributed by atoms with E-state index in [2.05, 4.69) is 43.6 Å². The molecule has 0 amide bonds. The molecule has 0 aliphatic heterocycles. The Morgan fingerprint density at radius 1 is 1.42 bits per heavy atom. The van der Waals surface area contributed by atoms with Crippen molar-refractivity contribution >= 4 is 27.5 Å². The first kappa shape index (κ1) is 16.0. The molecule has 5 heteroatoms. The Balaban J connectivity index is 3.23. The van der Waals surface area contributed by atoms with Gasteiger partial charge in [-0.25, -0.2) is 4.39 Å². The van der Waals surface area contributed by atoms with Gasteiger partial charge in [-0.15, -0.1) is 0 Å². The van der Waals surface area contributed by atoms with E-state index < -0.39 is 0 Å². The molecule has 0 aromatic heterocycles. The summed E-state index contributed by atoms with van der Waals surface area (Å²) < 4.78 is 14.6. The number of halogens is 2. The van der Waals surface area contributed by atoms with Crippen LogP contribution in [0.15, 0.2) is 16.6 Å². The van der Waals surface area contributed by atoms with Gasteiger partial charge in [-0.05, 0) is 40.4 Å². The lowest BCUT2D eigenvalue weighted by atomic mass is 9.87. The van der Waals surface area contributed by atoms with Gasteiger partial charge in [0.1, 0.15) is 5.84 Å². The zero-order valence-electron chi connectivity index (χ0n) is 12.0. The summed E-state index contributed by atoms with van der Waals surface area (Å²) in [6.07, 6.45) is 0. The highest BCUT2D eigenvalue weighted by Crippen LogP contribution is 2.33. The minimum atomic E-state index is -0.383. The van der Waals surface area contributed by atoms with E-state index in [-0.39, 0.29) is 27.6 Å². The third kappa shape index (κ3) is 3.26. The van der Waals surface area contributed by atoms with Gasteiger partial charge in [0.05, 0.1) is 10.2 Å². The molecule has 1 unspecified atom stereocenters. The summed E-state index contributed by atoms with van der Waals surface area (Å²) >= 11 is 3.18. The minimum Gasteiger partial charge on any atom is -0.384 e. The quantitative estimate of drug-likeness (QED) is 0.655. The Labute approximate surface area is 122 Å². The van der Waals surface area contributed by atoms with Crippen molar-refractivity contribution in [3.63, 3.8) is 0 Å². The second kappa shape index (κ2) is 5.49. The molecule has 0 aliphatic rings. The molecule has 0 saturated heterocycles. The van der Waals surface area contributed by atoms with Gasteiger partial charge in [-0.3, -0.25) is 5.41 Å². The maximum absolute atomic E-state index is 14.4. The maximum atomic E-state index is 14.4. The van der Waals surface area contributed by atoms with Gasteiger partial charge >= 0.3 is 0 Å². The normalized spacial score (nSPS) is 13.2. The Hall–Kier alpha value is -1.10. The van der Waals surface area contributed by atoms with Crippen molar-refractivity contribution in [2.75, 3.05) is 11.9 Å². The average molecular weight is 330 g/mol. The summed E-state index contributed by atoms with van der Waals surface area (Å²) in [7, 11) is 1.87. The predicted molar refractivity (Wildman–Crippen MR) is 82.4 cm³/mol. The summed E-state index contributed by atoms with van der Waals surface area (Å²) in [4.78, 5) is 1.91. The average Bonchev–Trinajstić information content (AvgIpc) is 2.29. The van der Waals surface area contributed by atoms with Gasteiger partial charge in [0, 0.05) is 18.7 Å². The molecule has 19 heavy (non-hydrogen) atoms. The van der Waals surface area contributed by atoms with Crippen molar-refractivity contribution in [3.8, 4) is 0 Å². The van der Waals surface area contributed by atoms with Crippen LogP contribution in [0.4, 0.5) is 10.1 Å². The topological polar surface area (TPSA) is 53.1 Å². The third-order valence-electron chi connectivity index (χ3n) is 3.57.